The molecule has 94 valence electrons. The molecule has 0 aliphatic heterocycles. The number of rotatable bonds is 3. The summed E-state index contributed by atoms with van der Waals surface area (Å²) < 4.78 is 18.2. The molecular formula is C12H9ClFNO2S. The van der Waals surface area contributed by atoms with Crippen LogP contribution in [-0.2, 0) is 16.0 Å². The molecule has 0 atom stereocenters. The second-order valence-corrected chi connectivity index (χ2v) is 4.76. The van der Waals surface area contributed by atoms with Gasteiger partial charge in [-0.1, -0.05) is 17.7 Å². The molecule has 0 aliphatic carbocycles. The number of aromatic nitrogens is 1. The molecular weight excluding hydrogens is 277 g/mol. The number of ether oxygens (including phenoxy) is 1. The van der Waals surface area contributed by atoms with Gasteiger partial charge < -0.3 is 4.74 Å². The highest BCUT2D eigenvalue weighted by atomic mass is 35.5. The van der Waals surface area contributed by atoms with Crippen LogP contribution in [0.15, 0.2) is 23.6 Å². The molecule has 0 unspecified atom stereocenters. The summed E-state index contributed by atoms with van der Waals surface area (Å²) in [5.41, 5.74) is 0.807. The van der Waals surface area contributed by atoms with Crippen molar-refractivity contribution in [2.75, 3.05) is 7.11 Å². The summed E-state index contributed by atoms with van der Waals surface area (Å²) in [6, 6.07) is 4.45. The van der Waals surface area contributed by atoms with E-state index in [2.05, 4.69) is 9.72 Å². The summed E-state index contributed by atoms with van der Waals surface area (Å²) in [4.78, 5) is 15.3. The van der Waals surface area contributed by atoms with Gasteiger partial charge in [0.15, 0.2) is 0 Å². The Kier molecular flexibility index (Phi) is 3.93. The molecule has 1 heterocycles. The van der Waals surface area contributed by atoms with Gasteiger partial charge in [-0.15, -0.1) is 11.3 Å². The highest BCUT2D eigenvalue weighted by molar-refractivity contribution is 7.13. The molecule has 0 spiro atoms. The van der Waals surface area contributed by atoms with E-state index in [1.165, 1.54) is 30.6 Å². The zero-order valence-corrected chi connectivity index (χ0v) is 11.0. The van der Waals surface area contributed by atoms with Crippen LogP contribution >= 0.6 is 22.9 Å². The largest absolute Gasteiger partial charge is 0.469 e. The summed E-state index contributed by atoms with van der Waals surface area (Å²) in [6.07, 6.45) is 0.0685. The summed E-state index contributed by atoms with van der Waals surface area (Å²) in [5.74, 6) is -0.812. The van der Waals surface area contributed by atoms with Gasteiger partial charge in [0.1, 0.15) is 10.8 Å². The Bertz CT molecular complexity index is 565. The van der Waals surface area contributed by atoms with E-state index in [-0.39, 0.29) is 18.0 Å². The normalized spacial score (nSPS) is 10.4. The first kappa shape index (κ1) is 13.0. The summed E-state index contributed by atoms with van der Waals surface area (Å²) in [5, 5.41) is 2.45. The third-order valence-corrected chi connectivity index (χ3v) is 3.51. The van der Waals surface area contributed by atoms with Gasteiger partial charge in [-0.3, -0.25) is 4.79 Å². The number of esters is 1. The Morgan fingerprint density at radius 2 is 2.33 bits per heavy atom. The van der Waals surface area contributed by atoms with E-state index in [4.69, 9.17) is 11.6 Å². The van der Waals surface area contributed by atoms with Crippen molar-refractivity contribution in [2.24, 2.45) is 0 Å². The first-order valence-corrected chi connectivity index (χ1v) is 6.33. The number of methoxy groups -OCH3 is 1. The van der Waals surface area contributed by atoms with Gasteiger partial charge in [-0.2, -0.15) is 0 Å². The number of hydrogen-bond donors (Lipinski definition) is 0. The molecule has 0 saturated carbocycles. The Labute approximate surface area is 112 Å². The number of nitrogens with zero attached hydrogens (tertiary/aromatic N) is 1. The second kappa shape index (κ2) is 5.46. The monoisotopic (exact) mass is 285 g/mol. The molecule has 6 heteroatoms. The van der Waals surface area contributed by atoms with Gasteiger partial charge >= 0.3 is 5.97 Å². The lowest BCUT2D eigenvalue weighted by Crippen LogP contribution is -2.04. The highest BCUT2D eigenvalue weighted by Crippen LogP contribution is 2.32. The maximum Gasteiger partial charge on any atom is 0.311 e. The van der Waals surface area contributed by atoms with Crippen molar-refractivity contribution in [1.29, 1.82) is 0 Å². The van der Waals surface area contributed by atoms with Crippen LogP contribution < -0.4 is 0 Å². The van der Waals surface area contributed by atoms with Crippen molar-refractivity contribution < 1.29 is 13.9 Å². The van der Waals surface area contributed by atoms with Crippen LogP contribution in [-0.4, -0.2) is 18.1 Å². The Morgan fingerprint density at radius 1 is 1.56 bits per heavy atom. The van der Waals surface area contributed by atoms with E-state index in [1.807, 2.05) is 0 Å². The van der Waals surface area contributed by atoms with E-state index in [1.54, 1.807) is 11.4 Å². The van der Waals surface area contributed by atoms with Crippen LogP contribution in [0, 0.1) is 5.82 Å². The van der Waals surface area contributed by atoms with E-state index >= 15 is 0 Å². The Hall–Kier alpha value is -1.46. The van der Waals surface area contributed by atoms with E-state index < -0.39 is 5.82 Å². The lowest BCUT2D eigenvalue weighted by atomic mass is 10.2. The van der Waals surface area contributed by atoms with Crippen LogP contribution in [0.3, 0.4) is 0 Å². The topological polar surface area (TPSA) is 39.2 Å². The van der Waals surface area contributed by atoms with Gasteiger partial charge in [0.2, 0.25) is 0 Å². The molecule has 2 aromatic rings. The van der Waals surface area contributed by atoms with Gasteiger partial charge in [0, 0.05) is 5.38 Å². The maximum atomic E-state index is 13.7. The predicted molar refractivity (Wildman–Crippen MR) is 68.2 cm³/mol. The fourth-order valence-corrected chi connectivity index (χ4v) is 2.61. The molecule has 0 saturated heterocycles. The molecule has 0 amide bonds. The maximum absolute atomic E-state index is 13.7. The van der Waals surface area contributed by atoms with Crippen LogP contribution in [0.2, 0.25) is 5.02 Å². The molecule has 2 rings (SSSR count). The number of carbonyl (C=O) groups is 1. The van der Waals surface area contributed by atoms with Crippen LogP contribution in [0.4, 0.5) is 4.39 Å². The van der Waals surface area contributed by atoms with Gasteiger partial charge in [0.05, 0.1) is 29.8 Å². The zero-order valence-electron chi connectivity index (χ0n) is 9.44. The second-order valence-electron chi connectivity index (χ2n) is 3.49. The molecule has 0 fully saturated rings. The highest BCUT2D eigenvalue weighted by Gasteiger charge is 2.14. The average molecular weight is 286 g/mol. The standard InChI is InChI=1S/C12H9ClFNO2S/c1-17-10(16)5-7-6-18-12(15-7)11-8(13)3-2-4-9(11)14/h2-4,6H,5H2,1H3. The van der Waals surface area contributed by atoms with Crippen molar-refractivity contribution in [3.8, 4) is 10.6 Å². The minimum atomic E-state index is -0.429. The Morgan fingerprint density at radius 3 is 3.00 bits per heavy atom. The van der Waals surface area contributed by atoms with Crippen LogP contribution in [0.25, 0.3) is 10.6 Å². The first-order valence-electron chi connectivity index (χ1n) is 5.07. The molecule has 0 N–H and O–H groups in total. The van der Waals surface area contributed by atoms with E-state index in [9.17, 15) is 9.18 Å². The quantitative estimate of drug-likeness (QED) is 0.812. The SMILES string of the molecule is COC(=O)Cc1csc(-c2c(F)cccc2Cl)n1. The van der Waals surface area contributed by atoms with E-state index in [0.29, 0.717) is 15.7 Å². The third kappa shape index (κ3) is 2.68. The minimum Gasteiger partial charge on any atom is -0.469 e. The van der Waals surface area contributed by atoms with Crippen molar-refractivity contribution in [3.05, 3.63) is 40.1 Å². The predicted octanol–water partition coefficient (Wildman–Crippen LogP) is 3.32. The van der Waals surface area contributed by atoms with Crippen LogP contribution in [0.1, 0.15) is 5.69 Å². The van der Waals surface area contributed by atoms with Crippen molar-refractivity contribution in [2.45, 2.75) is 6.42 Å². The number of thiazole rings is 1. The summed E-state index contributed by atoms with van der Waals surface area (Å²) in [6.45, 7) is 0. The van der Waals surface area contributed by atoms with Crippen molar-refractivity contribution in [1.82, 2.24) is 4.98 Å². The van der Waals surface area contributed by atoms with Crippen molar-refractivity contribution >= 4 is 28.9 Å². The van der Waals surface area contributed by atoms with Crippen LogP contribution in [0.5, 0.6) is 0 Å². The lowest BCUT2D eigenvalue weighted by Gasteiger charge is -2.01. The number of hydrogen-bond acceptors (Lipinski definition) is 4. The van der Waals surface area contributed by atoms with Gasteiger partial charge in [-0.25, -0.2) is 9.37 Å². The molecule has 3 nitrogen and oxygen atoms in total. The molecule has 18 heavy (non-hydrogen) atoms. The molecule has 0 aliphatic rings. The number of carbonyl (C=O) groups excluding carboxylic acids is 1. The third-order valence-electron chi connectivity index (χ3n) is 2.28. The smallest absolute Gasteiger partial charge is 0.311 e. The lowest BCUT2D eigenvalue weighted by molar-refractivity contribution is -0.139. The average Bonchev–Trinajstić information content (AvgIpc) is 2.77. The minimum absolute atomic E-state index is 0.0685. The number of halogens is 2. The summed E-state index contributed by atoms with van der Waals surface area (Å²) >= 11 is 7.18. The van der Waals surface area contributed by atoms with Gasteiger partial charge in [0.25, 0.3) is 0 Å². The molecule has 1 aromatic carbocycles. The molecule has 1 aromatic heterocycles. The van der Waals surface area contributed by atoms with Gasteiger partial charge in [-0.05, 0) is 12.1 Å². The summed E-state index contributed by atoms with van der Waals surface area (Å²) in [7, 11) is 1.31. The van der Waals surface area contributed by atoms with Crippen molar-refractivity contribution in [3.63, 3.8) is 0 Å². The zero-order chi connectivity index (χ0) is 13.1. The fraction of sp³-hybridized carbons (Fsp3) is 0.167. The molecule has 0 radical (unpaired) electrons. The first-order chi connectivity index (χ1) is 8.61. The number of benzene rings is 1. The molecule has 0 bridgehead atoms. The fourth-order valence-electron chi connectivity index (χ4n) is 1.43. The van der Waals surface area contributed by atoms with E-state index in [0.717, 1.165) is 0 Å². The Balaban J connectivity index is 2.32.